The third kappa shape index (κ3) is 3.86. The van der Waals surface area contributed by atoms with Gasteiger partial charge in [0.1, 0.15) is 11.6 Å². The summed E-state index contributed by atoms with van der Waals surface area (Å²) in [5.74, 6) is -1.71. The number of nitrogens with two attached hydrogens (primary N) is 1. The Morgan fingerprint density at radius 3 is 2.64 bits per heavy atom. The highest BCUT2D eigenvalue weighted by Gasteiger charge is 2.20. The normalized spacial score (nSPS) is 12.3. The lowest BCUT2D eigenvalue weighted by atomic mass is 10.0. The fourth-order valence-corrected chi connectivity index (χ4v) is 3.49. The van der Waals surface area contributed by atoms with Gasteiger partial charge in [0.25, 0.3) is 0 Å². The van der Waals surface area contributed by atoms with Gasteiger partial charge < -0.3 is 10.6 Å². The van der Waals surface area contributed by atoms with Crippen molar-refractivity contribution in [3.63, 3.8) is 0 Å². The lowest BCUT2D eigenvalue weighted by molar-refractivity contribution is -0.119. The van der Waals surface area contributed by atoms with Crippen LogP contribution >= 0.6 is 11.3 Å². The van der Waals surface area contributed by atoms with Crippen LogP contribution in [0.5, 0.6) is 0 Å². The summed E-state index contributed by atoms with van der Waals surface area (Å²) >= 11 is 1.58. The van der Waals surface area contributed by atoms with Gasteiger partial charge >= 0.3 is 0 Å². The Bertz CT molecular complexity index is 927. The van der Waals surface area contributed by atoms with E-state index in [0.717, 1.165) is 21.2 Å². The van der Waals surface area contributed by atoms with E-state index in [2.05, 4.69) is 4.98 Å². The number of carbonyl (C=O) groups is 1. The number of rotatable bonds is 4. The molecule has 1 aromatic heterocycles. The Morgan fingerprint density at radius 2 is 1.96 bits per heavy atom. The molecule has 0 aliphatic rings. The zero-order valence-corrected chi connectivity index (χ0v) is 14.6. The summed E-state index contributed by atoms with van der Waals surface area (Å²) < 4.78 is 27.6. The number of aromatic nitrogens is 1. The molecule has 0 unspecified atom stereocenters. The molecule has 1 heterocycles. The van der Waals surface area contributed by atoms with Crippen LogP contribution in [-0.2, 0) is 11.2 Å². The predicted octanol–water partition coefficient (Wildman–Crippen LogP) is 1.37. The van der Waals surface area contributed by atoms with E-state index in [9.17, 15) is 13.6 Å². The lowest BCUT2D eigenvalue weighted by Gasteiger charge is -2.21. The second kappa shape index (κ2) is 6.89. The van der Waals surface area contributed by atoms with Crippen molar-refractivity contribution in [3.05, 3.63) is 53.6 Å². The zero-order valence-electron chi connectivity index (χ0n) is 13.8. The Hall–Kier alpha value is -2.32. The first kappa shape index (κ1) is 17.5. The second-order valence-electron chi connectivity index (χ2n) is 5.87. The van der Waals surface area contributed by atoms with E-state index in [1.165, 1.54) is 17.0 Å². The van der Waals surface area contributed by atoms with Crippen LogP contribution in [0.1, 0.15) is 5.56 Å². The van der Waals surface area contributed by atoms with Crippen molar-refractivity contribution in [1.29, 1.82) is 0 Å². The van der Waals surface area contributed by atoms with Gasteiger partial charge in [-0.2, -0.15) is 0 Å². The topological polar surface area (TPSA) is 59.2 Å². The van der Waals surface area contributed by atoms with Gasteiger partial charge in [0, 0.05) is 23.7 Å². The molecule has 128 valence electrons. The van der Waals surface area contributed by atoms with Gasteiger partial charge in [-0.15, -0.1) is 11.3 Å². The number of hydrogen-bond donors (Lipinski definition) is 1. The maximum atomic E-state index is 13.3. The molecule has 1 atom stereocenters. The second-order valence-corrected chi connectivity index (χ2v) is 7.11. The minimum Gasteiger partial charge on any atom is -0.320 e. The number of hydrogen-bond acceptors (Lipinski definition) is 4. The number of thiazole rings is 1. The summed E-state index contributed by atoms with van der Waals surface area (Å²) in [6.45, 7) is 0. The number of likely N-dealkylation sites (N-methyl/N-ethyl adjacent to an activating group) is 1. The van der Waals surface area contributed by atoms with Crippen LogP contribution in [0.4, 0.5) is 14.5 Å². The minimum absolute atomic E-state index is 0.0515. The standard InChI is InChI=1S/C17H16BF2N3OS/c1-23(12-2-3-15-14(8-12)22-17(18)25-15)16(24)13(21)6-9-4-10(19)7-11(20)5-9/h2-5,7-8,13H,6,18,21H2,1H3/t13-/m0/s1. The summed E-state index contributed by atoms with van der Waals surface area (Å²) in [5, 5.41) is 0. The molecule has 8 heteroatoms. The van der Waals surface area contributed by atoms with Gasteiger partial charge in [-0.25, -0.2) is 8.78 Å². The van der Waals surface area contributed by atoms with Crippen molar-refractivity contribution in [1.82, 2.24) is 4.98 Å². The van der Waals surface area contributed by atoms with Gasteiger partial charge in [-0.3, -0.25) is 9.78 Å². The number of halogens is 2. The van der Waals surface area contributed by atoms with Crippen molar-refractivity contribution < 1.29 is 13.6 Å². The number of anilines is 1. The maximum Gasteiger partial charge on any atom is 0.243 e. The van der Waals surface area contributed by atoms with E-state index in [1.807, 2.05) is 26.0 Å². The molecule has 25 heavy (non-hydrogen) atoms. The quantitative estimate of drug-likeness (QED) is 0.716. The van der Waals surface area contributed by atoms with Gasteiger partial charge in [0.2, 0.25) is 5.91 Å². The molecule has 2 aromatic carbocycles. The average Bonchev–Trinajstić information content (AvgIpc) is 2.91. The highest BCUT2D eigenvalue weighted by Crippen LogP contribution is 2.23. The van der Waals surface area contributed by atoms with Crippen molar-refractivity contribution in [2.75, 3.05) is 11.9 Å². The fraction of sp³-hybridized carbons (Fsp3) is 0.176. The van der Waals surface area contributed by atoms with E-state index >= 15 is 0 Å². The van der Waals surface area contributed by atoms with Crippen LogP contribution < -0.4 is 15.5 Å². The molecule has 0 saturated carbocycles. The van der Waals surface area contributed by atoms with Gasteiger partial charge in [-0.05, 0) is 42.3 Å². The van der Waals surface area contributed by atoms with E-state index in [0.29, 0.717) is 11.3 Å². The third-order valence-corrected chi connectivity index (χ3v) is 4.84. The average molecular weight is 359 g/mol. The highest BCUT2D eigenvalue weighted by atomic mass is 32.1. The molecule has 1 amide bonds. The van der Waals surface area contributed by atoms with Crippen LogP contribution in [0.3, 0.4) is 0 Å². The van der Waals surface area contributed by atoms with Gasteiger partial charge in [0.05, 0.1) is 16.3 Å². The van der Waals surface area contributed by atoms with E-state index in [4.69, 9.17) is 5.73 Å². The molecule has 0 aliphatic carbocycles. The van der Waals surface area contributed by atoms with Crippen molar-refractivity contribution in [3.8, 4) is 0 Å². The van der Waals surface area contributed by atoms with Gasteiger partial charge in [-0.1, -0.05) is 0 Å². The predicted molar refractivity (Wildman–Crippen MR) is 99.2 cm³/mol. The number of carbonyl (C=O) groups excluding carboxylic acids is 1. The molecule has 3 aromatic rings. The smallest absolute Gasteiger partial charge is 0.243 e. The molecule has 3 rings (SSSR count). The Morgan fingerprint density at radius 1 is 1.28 bits per heavy atom. The first-order chi connectivity index (χ1) is 11.8. The molecule has 4 nitrogen and oxygen atoms in total. The summed E-state index contributed by atoms with van der Waals surface area (Å²) in [7, 11) is 3.54. The SMILES string of the molecule is Bc1nc2cc(N(C)C(=O)[C@@H](N)Cc3cc(F)cc(F)c3)ccc2s1. The summed E-state index contributed by atoms with van der Waals surface area (Å²) in [6.07, 6.45) is 0.0515. The molecular weight excluding hydrogens is 343 g/mol. The zero-order chi connectivity index (χ0) is 18.1. The number of amides is 1. The number of nitrogens with zero attached hydrogens (tertiary/aromatic N) is 2. The Kier molecular flexibility index (Phi) is 4.83. The van der Waals surface area contributed by atoms with Crippen LogP contribution in [0.25, 0.3) is 10.2 Å². The van der Waals surface area contributed by atoms with Crippen molar-refractivity contribution >= 4 is 45.9 Å². The van der Waals surface area contributed by atoms with E-state index < -0.39 is 17.7 Å². The molecule has 0 aliphatic heterocycles. The van der Waals surface area contributed by atoms with Crippen molar-refractivity contribution in [2.45, 2.75) is 12.5 Å². The Balaban J connectivity index is 1.77. The number of benzene rings is 2. The fourth-order valence-electron chi connectivity index (χ4n) is 2.69. The largest absolute Gasteiger partial charge is 0.320 e. The summed E-state index contributed by atoms with van der Waals surface area (Å²) in [6, 6.07) is 7.80. The molecule has 0 spiro atoms. The number of fused-ring (bicyclic) bond motifs is 1. The molecule has 0 bridgehead atoms. The lowest BCUT2D eigenvalue weighted by Crippen LogP contribution is -2.43. The molecule has 2 N–H and O–H groups in total. The van der Waals surface area contributed by atoms with Crippen LogP contribution in [0, 0.1) is 11.6 Å². The summed E-state index contributed by atoms with van der Waals surface area (Å²) in [4.78, 5) is 19.4. The molecule has 0 saturated heterocycles. The van der Waals surface area contributed by atoms with Gasteiger partial charge in [0.15, 0.2) is 7.85 Å². The highest BCUT2D eigenvalue weighted by molar-refractivity contribution is 7.25. The molecule has 0 radical (unpaired) electrons. The van der Waals surface area contributed by atoms with Crippen LogP contribution in [-0.4, -0.2) is 31.8 Å². The third-order valence-electron chi connectivity index (χ3n) is 3.89. The monoisotopic (exact) mass is 359 g/mol. The van der Waals surface area contributed by atoms with Crippen molar-refractivity contribution in [2.24, 2.45) is 5.73 Å². The summed E-state index contributed by atoms with van der Waals surface area (Å²) in [5.41, 5.74) is 7.79. The first-order valence-corrected chi connectivity index (χ1v) is 8.50. The van der Waals surface area contributed by atoms with Crippen LogP contribution in [0.15, 0.2) is 36.4 Å². The first-order valence-electron chi connectivity index (χ1n) is 7.69. The van der Waals surface area contributed by atoms with Crippen LogP contribution in [0.2, 0.25) is 0 Å². The van der Waals surface area contributed by atoms with E-state index in [-0.39, 0.29) is 12.3 Å². The molecule has 0 fully saturated rings. The maximum absolute atomic E-state index is 13.3. The van der Waals surface area contributed by atoms with E-state index in [1.54, 1.807) is 18.4 Å². The molecular formula is C17H16BF2N3OS. The minimum atomic E-state index is -0.904. The Labute approximate surface area is 148 Å².